The first-order valence-electron chi connectivity index (χ1n) is 7.84. The lowest BCUT2D eigenvalue weighted by Gasteiger charge is -2.14. The highest BCUT2D eigenvalue weighted by Crippen LogP contribution is 2.20. The molecule has 0 unspecified atom stereocenters. The van der Waals surface area contributed by atoms with E-state index in [1.54, 1.807) is 24.3 Å². The summed E-state index contributed by atoms with van der Waals surface area (Å²) in [4.78, 5) is 12.0. The molecule has 2 aromatic carbocycles. The number of anilines is 1. The second-order valence-corrected chi connectivity index (χ2v) is 8.91. The number of nitrogens with one attached hydrogen (secondary N) is 1. The highest BCUT2D eigenvalue weighted by atomic mass is 79.9. The van der Waals surface area contributed by atoms with Gasteiger partial charge < -0.3 is 10.1 Å². The standard InChI is InChI=1S/C18H21BrN2O4S/c1-13-10-15(6-9-17(13)19)20-18(22)12-25-16-7-4-14(5-8-16)11-21(2)26(3,23)24/h4-10H,11-12H2,1-3H3,(H,20,22). The van der Waals surface area contributed by atoms with Gasteiger partial charge in [-0.15, -0.1) is 0 Å². The van der Waals surface area contributed by atoms with E-state index in [4.69, 9.17) is 4.74 Å². The second kappa shape index (κ2) is 8.66. The lowest BCUT2D eigenvalue weighted by Crippen LogP contribution is -2.24. The van der Waals surface area contributed by atoms with Crippen molar-refractivity contribution in [1.29, 1.82) is 0 Å². The second-order valence-electron chi connectivity index (χ2n) is 5.96. The number of carbonyl (C=O) groups excluding carboxylic acids is 1. The molecule has 0 aromatic heterocycles. The number of hydrogen-bond donors (Lipinski definition) is 1. The van der Waals surface area contributed by atoms with Crippen molar-refractivity contribution < 1.29 is 17.9 Å². The van der Waals surface area contributed by atoms with Gasteiger partial charge in [-0.05, 0) is 48.4 Å². The topological polar surface area (TPSA) is 75.7 Å². The zero-order valence-corrected chi connectivity index (χ0v) is 17.2. The summed E-state index contributed by atoms with van der Waals surface area (Å²) < 4.78 is 30.6. The summed E-state index contributed by atoms with van der Waals surface area (Å²) in [6.07, 6.45) is 1.16. The summed E-state index contributed by atoms with van der Waals surface area (Å²) in [7, 11) is -1.70. The third kappa shape index (κ3) is 6.12. The molecule has 8 heteroatoms. The molecule has 26 heavy (non-hydrogen) atoms. The molecule has 0 heterocycles. The summed E-state index contributed by atoms with van der Waals surface area (Å²) in [6.45, 7) is 2.11. The van der Waals surface area contributed by atoms with Crippen molar-refractivity contribution in [2.75, 3.05) is 25.2 Å². The molecule has 0 aliphatic rings. The van der Waals surface area contributed by atoms with E-state index >= 15 is 0 Å². The SMILES string of the molecule is Cc1cc(NC(=O)COc2ccc(CN(C)S(C)(=O)=O)cc2)ccc1Br. The molecule has 0 radical (unpaired) electrons. The Hall–Kier alpha value is -1.90. The fraction of sp³-hybridized carbons (Fsp3) is 0.278. The van der Waals surface area contributed by atoms with Crippen LogP contribution >= 0.6 is 15.9 Å². The van der Waals surface area contributed by atoms with Gasteiger partial charge in [0.1, 0.15) is 5.75 Å². The Kier molecular flexibility index (Phi) is 6.80. The van der Waals surface area contributed by atoms with Crippen LogP contribution in [0.2, 0.25) is 0 Å². The van der Waals surface area contributed by atoms with Gasteiger partial charge in [0.25, 0.3) is 5.91 Å². The Morgan fingerprint density at radius 2 is 1.85 bits per heavy atom. The van der Waals surface area contributed by atoms with Crippen LogP contribution in [0, 0.1) is 6.92 Å². The van der Waals surface area contributed by atoms with E-state index in [0.717, 1.165) is 21.9 Å². The van der Waals surface area contributed by atoms with E-state index in [1.807, 2.05) is 25.1 Å². The third-order valence-corrected chi connectivity index (χ3v) is 5.86. The molecule has 0 saturated carbocycles. The highest BCUT2D eigenvalue weighted by Gasteiger charge is 2.11. The largest absolute Gasteiger partial charge is 0.484 e. The van der Waals surface area contributed by atoms with E-state index in [-0.39, 0.29) is 19.1 Å². The summed E-state index contributed by atoms with van der Waals surface area (Å²) >= 11 is 3.41. The fourth-order valence-electron chi connectivity index (χ4n) is 2.13. The lowest BCUT2D eigenvalue weighted by molar-refractivity contribution is -0.118. The smallest absolute Gasteiger partial charge is 0.262 e. The first kappa shape index (κ1) is 20.4. The molecular formula is C18H21BrN2O4S. The van der Waals surface area contributed by atoms with Crippen molar-refractivity contribution in [2.45, 2.75) is 13.5 Å². The Bertz CT molecular complexity index is 883. The minimum absolute atomic E-state index is 0.113. The van der Waals surface area contributed by atoms with Gasteiger partial charge in [-0.2, -0.15) is 0 Å². The number of carbonyl (C=O) groups is 1. The molecule has 0 spiro atoms. The van der Waals surface area contributed by atoms with Crippen LogP contribution in [0.1, 0.15) is 11.1 Å². The number of hydrogen-bond acceptors (Lipinski definition) is 4. The highest BCUT2D eigenvalue weighted by molar-refractivity contribution is 9.10. The Balaban J connectivity index is 1.87. The molecule has 0 bridgehead atoms. The third-order valence-electron chi connectivity index (χ3n) is 3.71. The number of benzene rings is 2. The van der Waals surface area contributed by atoms with Gasteiger partial charge in [0.2, 0.25) is 10.0 Å². The number of nitrogens with zero attached hydrogens (tertiary/aromatic N) is 1. The van der Waals surface area contributed by atoms with Gasteiger partial charge in [-0.3, -0.25) is 4.79 Å². The monoisotopic (exact) mass is 440 g/mol. The maximum atomic E-state index is 12.0. The predicted octanol–water partition coefficient (Wildman–Crippen LogP) is 3.17. The maximum absolute atomic E-state index is 12.0. The molecule has 2 rings (SSSR count). The quantitative estimate of drug-likeness (QED) is 0.717. The van der Waals surface area contributed by atoms with Gasteiger partial charge in [0.15, 0.2) is 6.61 Å². The van der Waals surface area contributed by atoms with Gasteiger partial charge in [0.05, 0.1) is 6.26 Å². The van der Waals surface area contributed by atoms with Gasteiger partial charge in [-0.1, -0.05) is 28.1 Å². The number of rotatable bonds is 7. The molecule has 1 N–H and O–H groups in total. The van der Waals surface area contributed by atoms with Gasteiger partial charge in [0, 0.05) is 23.8 Å². The van der Waals surface area contributed by atoms with Crippen molar-refractivity contribution in [3.8, 4) is 5.75 Å². The van der Waals surface area contributed by atoms with E-state index in [1.165, 1.54) is 11.4 Å². The molecule has 6 nitrogen and oxygen atoms in total. The van der Waals surface area contributed by atoms with Crippen molar-refractivity contribution in [3.63, 3.8) is 0 Å². The van der Waals surface area contributed by atoms with Crippen molar-refractivity contribution >= 4 is 37.5 Å². The van der Waals surface area contributed by atoms with Gasteiger partial charge in [-0.25, -0.2) is 12.7 Å². The molecule has 0 aliphatic carbocycles. The van der Waals surface area contributed by atoms with E-state index in [9.17, 15) is 13.2 Å². The molecule has 0 aliphatic heterocycles. The van der Waals surface area contributed by atoms with Crippen LogP contribution in [-0.2, 0) is 21.4 Å². The number of aryl methyl sites for hydroxylation is 1. The summed E-state index contributed by atoms with van der Waals surface area (Å²) in [5, 5.41) is 2.78. The predicted molar refractivity (Wildman–Crippen MR) is 106 cm³/mol. The molecule has 1 amide bonds. The zero-order chi connectivity index (χ0) is 19.3. The normalized spacial score (nSPS) is 11.4. The lowest BCUT2D eigenvalue weighted by atomic mass is 10.2. The number of ether oxygens (including phenoxy) is 1. The first-order valence-corrected chi connectivity index (χ1v) is 10.5. The van der Waals surface area contributed by atoms with Crippen LogP contribution in [0.15, 0.2) is 46.9 Å². The number of halogens is 1. The maximum Gasteiger partial charge on any atom is 0.262 e. The minimum atomic E-state index is -3.22. The molecule has 140 valence electrons. The Morgan fingerprint density at radius 3 is 2.42 bits per heavy atom. The Morgan fingerprint density at radius 1 is 1.19 bits per heavy atom. The van der Waals surface area contributed by atoms with Crippen molar-refractivity contribution in [1.82, 2.24) is 4.31 Å². The molecule has 0 saturated heterocycles. The minimum Gasteiger partial charge on any atom is -0.484 e. The zero-order valence-electron chi connectivity index (χ0n) is 14.8. The average molecular weight is 441 g/mol. The molecule has 2 aromatic rings. The van der Waals surface area contributed by atoms with Crippen LogP contribution in [-0.4, -0.2) is 38.5 Å². The van der Waals surface area contributed by atoms with Crippen LogP contribution in [0.5, 0.6) is 5.75 Å². The van der Waals surface area contributed by atoms with Crippen LogP contribution in [0.25, 0.3) is 0 Å². The van der Waals surface area contributed by atoms with Crippen LogP contribution in [0.3, 0.4) is 0 Å². The molecular weight excluding hydrogens is 420 g/mol. The Labute approximate surface area is 162 Å². The average Bonchev–Trinajstić information content (AvgIpc) is 2.57. The van der Waals surface area contributed by atoms with E-state index < -0.39 is 10.0 Å². The molecule has 0 fully saturated rings. The summed E-state index contributed by atoms with van der Waals surface area (Å²) in [5.41, 5.74) is 2.57. The molecule has 0 atom stereocenters. The van der Waals surface area contributed by atoms with Gasteiger partial charge >= 0.3 is 0 Å². The van der Waals surface area contributed by atoms with E-state index in [2.05, 4.69) is 21.2 Å². The van der Waals surface area contributed by atoms with Crippen LogP contribution < -0.4 is 10.1 Å². The van der Waals surface area contributed by atoms with Crippen LogP contribution in [0.4, 0.5) is 5.69 Å². The fourth-order valence-corrected chi connectivity index (χ4v) is 2.76. The van der Waals surface area contributed by atoms with Crippen molar-refractivity contribution in [3.05, 3.63) is 58.1 Å². The van der Waals surface area contributed by atoms with E-state index in [0.29, 0.717) is 11.4 Å². The number of amides is 1. The summed E-state index contributed by atoms with van der Waals surface area (Å²) in [5.74, 6) is 0.283. The summed E-state index contributed by atoms with van der Waals surface area (Å²) in [6, 6.07) is 12.5. The van der Waals surface area contributed by atoms with Crippen molar-refractivity contribution in [2.24, 2.45) is 0 Å². The number of sulfonamides is 1. The first-order chi connectivity index (χ1) is 12.1.